The summed E-state index contributed by atoms with van der Waals surface area (Å²) in [6.45, 7) is 2.97. The molecule has 0 amide bonds. The lowest BCUT2D eigenvalue weighted by atomic mass is 10.3. The zero-order valence-corrected chi connectivity index (χ0v) is 27.3. The van der Waals surface area contributed by atoms with Crippen molar-refractivity contribution in [1.29, 1.82) is 0 Å². The largest absolute Gasteiger partial charge is 0.421 e. The van der Waals surface area contributed by atoms with Crippen molar-refractivity contribution >= 4 is 63.5 Å². The number of nitrogens with two attached hydrogens (primary N) is 1. The Hall–Kier alpha value is -5.35. The molecule has 6 rings (SSSR count). The Morgan fingerprint density at radius 2 is 1.33 bits per heavy atom. The summed E-state index contributed by atoms with van der Waals surface area (Å²) in [5.74, 6) is -3.34. The van der Waals surface area contributed by atoms with Gasteiger partial charge in [0.15, 0.2) is 40.2 Å². The molecule has 23 heteroatoms. The fourth-order valence-electron chi connectivity index (χ4n) is 3.31. The minimum atomic E-state index is -3.51. The molecule has 0 unspecified atom stereocenters. The van der Waals surface area contributed by atoms with Crippen molar-refractivity contribution < 1.29 is 43.9 Å². The fraction of sp³-hybridized carbons (Fsp3) is 0.154. The van der Waals surface area contributed by atoms with Gasteiger partial charge >= 0.3 is 12.0 Å². The number of anilines is 2. The molecule has 0 aliphatic carbocycles. The third kappa shape index (κ3) is 10.1. The molecule has 0 aliphatic rings. The van der Waals surface area contributed by atoms with Crippen molar-refractivity contribution in [3.8, 4) is 23.5 Å². The number of sulfonamides is 1. The average molecular weight is 747 g/mol. The third-order valence-electron chi connectivity index (χ3n) is 5.78. The van der Waals surface area contributed by atoms with Crippen LogP contribution in [0, 0.1) is 23.3 Å². The van der Waals surface area contributed by atoms with E-state index in [2.05, 4.69) is 55.7 Å². The first-order chi connectivity index (χ1) is 23.1. The predicted octanol–water partition coefficient (Wildman–Crippen LogP) is 4.77. The number of hydrogen-bond donors (Lipinski definition) is 4. The van der Waals surface area contributed by atoms with Crippen LogP contribution >= 0.6 is 10.7 Å². The quantitative estimate of drug-likeness (QED) is 0.122. The van der Waals surface area contributed by atoms with Crippen molar-refractivity contribution in [1.82, 2.24) is 40.3 Å². The van der Waals surface area contributed by atoms with E-state index in [1.807, 2.05) is 0 Å². The van der Waals surface area contributed by atoms with E-state index in [0.29, 0.717) is 34.4 Å². The van der Waals surface area contributed by atoms with Gasteiger partial charge in [-0.3, -0.25) is 14.9 Å². The van der Waals surface area contributed by atoms with Crippen molar-refractivity contribution in [3.63, 3.8) is 0 Å². The number of H-pyrrole nitrogens is 2. The number of hydrogen-bond acceptors (Lipinski definition) is 13. The second kappa shape index (κ2) is 15.3. The molecule has 0 radical (unpaired) electrons. The van der Waals surface area contributed by atoms with E-state index in [1.165, 1.54) is 26.2 Å². The number of benzene rings is 2. The van der Waals surface area contributed by atoms with Crippen molar-refractivity contribution in [3.05, 3.63) is 72.1 Å². The lowest BCUT2D eigenvalue weighted by Gasteiger charge is -2.05. The molecular formula is C26H23ClF4N10O6S2. The zero-order valence-electron chi connectivity index (χ0n) is 24.9. The predicted molar refractivity (Wildman–Crippen MR) is 169 cm³/mol. The molecular weight excluding hydrogens is 724 g/mol. The molecule has 260 valence electrons. The standard InChI is InChI=1S/C13H11F2N5O3S.C11H7F2N5O.C2H5ClO2S/c1-2-24(21,22)20-12-8-6-16-13(17-11(8)18-19-12)23-10-4-3-7(14)5-9(10)15;12-5-1-2-8(7(13)3-5)19-11-15-4-6-9(14)17-18-10(6)16-11;1-2-6(3,4)5/h3-6H,2H2,1H3,(H2,16,17,18,19,20);1-4H,(H3,14,15,16,17,18);2H2,1H3. The highest BCUT2D eigenvalue weighted by atomic mass is 35.7. The van der Waals surface area contributed by atoms with Crippen LogP contribution in [0.1, 0.15) is 13.8 Å². The SMILES string of the molecule is CCS(=O)(=O)Cl.CCS(=O)(=O)Nc1n[nH]c2nc(Oc3ccc(F)cc3F)ncc12.Nc1[nH]nc2nc(Oc3ccc(F)cc3F)ncc12. The maximum absolute atomic E-state index is 13.6. The highest BCUT2D eigenvalue weighted by molar-refractivity contribution is 8.13. The summed E-state index contributed by atoms with van der Waals surface area (Å²) < 4.78 is 108. The lowest BCUT2D eigenvalue weighted by Crippen LogP contribution is -2.15. The molecule has 4 heterocycles. The van der Waals surface area contributed by atoms with Crippen LogP contribution < -0.4 is 19.9 Å². The van der Waals surface area contributed by atoms with Gasteiger partial charge in [0.05, 0.1) is 22.3 Å². The van der Waals surface area contributed by atoms with Crippen LogP contribution in [0.25, 0.3) is 22.1 Å². The van der Waals surface area contributed by atoms with Gasteiger partial charge in [0, 0.05) is 35.2 Å². The number of nitrogen functional groups attached to an aromatic ring is 1. The van der Waals surface area contributed by atoms with Crippen molar-refractivity contribution in [2.45, 2.75) is 13.8 Å². The van der Waals surface area contributed by atoms with Crippen LogP contribution in [0.3, 0.4) is 0 Å². The molecule has 16 nitrogen and oxygen atoms in total. The molecule has 49 heavy (non-hydrogen) atoms. The normalized spacial score (nSPS) is 11.3. The van der Waals surface area contributed by atoms with Gasteiger partial charge in [-0.2, -0.15) is 20.2 Å². The summed E-state index contributed by atoms with van der Waals surface area (Å²) in [6.07, 6.45) is 2.67. The summed E-state index contributed by atoms with van der Waals surface area (Å²) in [5.41, 5.74) is 6.07. The van der Waals surface area contributed by atoms with Crippen LogP contribution in [0.2, 0.25) is 0 Å². The summed E-state index contributed by atoms with van der Waals surface area (Å²) in [7, 11) is -2.01. The maximum Gasteiger partial charge on any atom is 0.324 e. The van der Waals surface area contributed by atoms with Crippen molar-refractivity contribution in [2.75, 3.05) is 22.0 Å². The first-order valence-electron chi connectivity index (χ1n) is 13.4. The van der Waals surface area contributed by atoms with Gasteiger partial charge in [-0.1, -0.05) is 6.92 Å². The number of aromatic amines is 2. The number of halogens is 5. The molecule has 2 aromatic carbocycles. The van der Waals surface area contributed by atoms with E-state index in [9.17, 15) is 34.4 Å². The van der Waals surface area contributed by atoms with Crippen LogP contribution in [-0.2, 0) is 19.1 Å². The Morgan fingerprint density at radius 3 is 1.84 bits per heavy atom. The Morgan fingerprint density at radius 1 is 0.796 bits per heavy atom. The summed E-state index contributed by atoms with van der Waals surface area (Å²) in [4.78, 5) is 15.6. The first kappa shape index (κ1) is 36.5. The third-order valence-corrected chi connectivity index (χ3v) is 8.39. The van der Waals surface area contributed by atoms with Crippen LogP contribution in [0.15, 0.2) is 48.8 Å². The van der Waals surface area contributed by atoms with E-state index in [4.69, 9.17) is 15.2 Å². The van der Waals surface area contributed by atoms with Crippen molar-refractivity contribution in [2.24, 2.45) is 0 Å². The Kier molecular flexibility index (Phi) is 11.4. The number of rotatable bonds is 8. The molecule has 0 atom stereocenters. The number of aromatic nitrogens is 8. The fourth-order valence-corrected chi connectivity index (χ4v) is 3.90. The van der Waals surface area contributed by atoms with Crippen LogP contribution in [0.5, 0.6) is 23.5 Å². The minimum absolute atomic E-state index is 0.00849. The molecule has 0 saturated carbocycles. The number of nitrogens with one attached hydrogen (secondary N) is 3. The summed E-state index contributed by atoms with van der Waals surface area (Å²) >= 11 is 0. The Bertz CT molecular complexity index is 2330. The molecule has 0 fully saturated rings. The van der Waals surface area contributed by atoms with E-state index < -0.39 is 42.3 Å². The van der Waals surface area contributed by atoms with E-state index in [1.54, 1.807) is 0 Å². The van der Waals surface area contributed by atoms with Gasteiger partial charge in [0.1, 0.15) is 17.5 Å². The van der Waals surface area contributed by atoms with Gasteiger partial charge in [-0.25, -0.2) is 44.4 Å². The average Bonchev–Trinajstić information content (AvgIpc) is 3.62. The van der Waals surface area contributed by atoms with Gasteiger partial charge in [0.25, 0.3) is 0 Å². The number of fused-ring (bicyclic) bond motifs is 2. The number of nitrogens with zero attached hydrogens (tertiary/aromatic N) is 6. The van der Waals surface area contributed by atoms with E-state index in [-0.39, 0.29) is 46.5 Å². The van der Waals surface area contributed by atoms with E-state index >= 15 is 0 Å². The van der Waals surface area contributed by atoms with Gasteiger partial charge in [-0.15, -0.1) is 0 Å². The first-order valence-corrected chi connectivity index (χ1v) is 17.6. The molecule has 0 spiro atoms. The summed E-state index contributed by atoms with van der Waals surface area (Å²) in [6, 6.07) is 5.42. The second-order valence-corrected chi connectivity index (χ2v) is 14.3. The van der Waals surface area contributed by atoms with Crippen LogP contribution in [-0.4, -0.2) is 68.7 Å². The van der Waals surface area contributed by atoms with Gasteiger partial charge < -0.3 is 15.2 Å². The molecule has 0 saturated heterocycles. The Labute approximate surface area is 278 Å². The molecule has 4 aromatic heterocycles. The lowest BCUT2D eigenvalue weighted by molar-refractivity contribution is 0.409. The molecule has 0 bridgehead atoms. The van der Waals surface area contributed by atoms with Gasteiger partial charge in [-0.05, 0) is 31.2 Å². The van der Waals surface area contributed by atoms with E-state index in [0.717, 1.165) is 24.3 Å². The highest BCUT2D eigenvalue weighted by Gasteiger charge is 2.16. The highest BCUT2D eigenvalue weighted by Crippen LogP contribution is 2.26. The second-order valence-electron chi connectivity index (χ2n) is 9.20. The van der Waals surface area contributed by atoms with Crippen LogP contribution in [0.4, 0.5) is 29.2 Å². The Balaban J connectivity index is 0.000000193. The molecule has 0 aliphatic heterocycles. The molecule has 6 aromatic rings. The minimum Gasteiger partial charge on any atom is -0.421 e. The maximum atomic E-state index is 13.6. The smallest absolute Gasteiger partial charge is 0.324 e. The zero-order chi connectivity index (χ0) is 35.9. The monoisotopic (exact) mass is 746 g/mol. The van der Waals surface area contributed by atoms with Gasteiger partial charge in [0.2, 0.25) is 19.1 Å². The number of ether oxygens (including phenoxy) is 2. The topological polar surface area (TPSA) is 234 Å². The summed E-state index contributed by atoms with van der Waals surface area (Å²) in [5, 5.41) is 13.5. The molecule has 5 N–H and O–H groups in total.